The molecule has 0 bridgehead atoms. The molecule has 1 atom stereocenters. The van der Waals surface area contributed by atoms with Gasteiger partial charge in [0.1, 0.15) is 6.04 Å². The van der Waals surface area contributed by atoms with Crippen LogP contribution >= 0.6 is 0 Å². The number of amides is 1. The summed E-state index contributed by atoms with van der Waals surface area (Å²) in [6.07, 6.45) is 0. The third kappa shape index (κ3) is 1.26. The van der Waals surface area contributed by atoms with Gasteiger partial charge in [-0.3, -0.25) is 4.79 Å². The van der Waals surface area contributed by atoms with E-state index in [0.717, 1.165) is 0 Å². The lowest BCUT2D eigenvalue weighted by molar-refractivity contribution is -0.143. The predicted octanol–water partition coefficient (Wildman–Crippen LogP) is -2.12. The lowest BCUT2D eigenvalue weighted by Crippen LogP contribution is -2.60. The van der Waals surface area contributed by atoms with Gasteiger partial charge in [-0.2, -0.15) is 0 Å². The SMILES string of the molecule is Cn1nnnc1CN1CC(N)C1=O. The molecule has 7 nitrogen and oxygen atoms in total. The molecule has 7 heteroatoms. The molecule has 1 saturated heterocycles. The number of rotatable bonds is 2. The first kappa shape index (κ1) is 8.11. The van der Waals surface area contributed by atoms with E-state index in [0.29, 0.717) is 18.9 Å². The summed E-state index contributed by atoms with van der Waals surface area (Å²) in [5.74, 6) is 0.628. The second kappa shape index (κ2) is 2.77. The highest BCUT2D eigenvalue weighted by Gasteiger charge is 2.34. The molecule has 0 radical (unpaired) electrons. The molecule has 0 saturated carbocycles. The van der Waals surface area contributed by atoms with Crippen LogP contribution in [-0.2, 0) is 18.4 Å². The van der Waals surface area contributed by atoms with Crippen LogP contribution in [0, 0.1) is 0 Å². The summed E-state index contributed by atoms with van der Waals surface area (Å²) in [6.45, 7) is 1.03. The topological polar surface area (TPSA) is 89.9 Å². The van der Waals surface area contributed by atoms with Gasteiger partial charge in [0.05, 0.1) is 6.54 Å². The fraction of sp³-hybridized carbons (Fsp3) is 0.667. The van der Waals surface area contributed by atoms with Gasteiger partial charge in [-0.1, -0.05) is 0 Å². The van der Waals surface area contributed by atoms with Crippen molar-refractivity contribution in [3.05, 3.63) is 5.82 Å². The van der Waals surface area contributed by atoms with Crippen LogP contribution in [0.15, 0.2) is 0 Å². The van der Waals surface area contributed by atoms with Crippen LogP contribution in [0.2, 0.25) is 0 Å². The largest absolute Gasteiger partial charge is 0.332 e. The maximum atomic E-state index is 11.1. The summed E-state index contributed by atoms with van der Waals surface area (Å²) in [4.78, 5) is 12.7. The predicted molar refractivity (Wildman–Crippen MR) is 42.2 cm³/mol. The second-order valence-corrected chi connectivity index (χ2v) is 3.04. The Hall–Kier alpha value is -1.50. The molecule has 70 valence electrons. The number of tetrazole rings is 1. The van der Waals surface area contributed by atoms with Crippen molar-refractivity contribution >= 4 is 5.91 Å². The molecule has 0 spiro atoms. The minimum Gasteiger partial charge on any atom is -0.332 e. The lowest BCUT2D eigenvalue weighted by Gasteiger charge is -2.35. The fourth-order valence-corrected chi connectivity index (χ4v) is 1.22. The Labute approximate surface area is 74.5 Å². The number of likely N-dealkylation sites (tertiary alicyclic amines) is 1. The standard InChI is InChI=1S/C6H10N6O/c1-11-5(8-9-10-11)3-12-2-4(7)6(12)13/h4H,2-3,7H2,1H3. The number of aromatic nitrogens is 4. The van der Waals surface area contributed by atoms with Crippen molar-refractivity contribution < 1.29 is 4.79 Å². The van der Waals surface area contributed by atoms with Crippen molar-refractivity contribution in [3.63, 3.8) is 0 Å². The highest BCUT2D eigenvalue weighted by atomic mass is 16.2. The third-order valence-electron chi connectivity index (χ3n) is 2.09. The molecule has 1 unspecified atom stereocenters. The van der Waals surface area contributed by atoms with Crippen LogP contribution < -0.4 is 5.73 Å². The van der Waals surface area contributed by atoms with Gasteiger partial charge in [0, 0.05) is 13.6 Å². The van der Waals surface area contributed by atoms with Gasteiger partial charge < -0.3 is 10.6 Å². The van der Waals surface area contributed by atoms with Crippen LogP contribution in [0.25, 0.3) is 0 Å². The van der Waals surface area contributed by atoms with Gasteiger partial charge in [0.15, 0.2) is 5.82 Å². The smallest absolute Gasteiger partial charge is 0.241 e. The summed E-state index contributed by atoms with van der Waals surface area (Å²) in [5, 5.41) is 10.9. The van der Waals surface area contributed by atoms with Crippen LogP contribution in [0.5, 0.6) is 0 Å². The average Bonchev–Trinajstić information content (AvgIpc) is 2.51. The Balaban J connectivity index is 2.00. The van der Waals surface area contributed by atoms with E-state index >= 15 is 0 Å². The molecule has 1 aliphatic heterocycles. The van der Waals surface area contributed by atoms with E-state index in [2.05, 4.69) is 15.5 Å². The minimum atomic E-state index is -0.332. The number of carbonyl (C=O) groups excluding carboxylic acids is 1. The first-order chi connectivity index (χ1) is 6.18. The van der Waals surface area contributed by atoms with Crippen molar-refractivity contribution in [2.45, 2.75) is 12.6 Å². The number of hydrogen-bond acceptors (Lipinski definition) is 5. The van der Waals surface area contributed by atoms with Crippen LogP contribution in [0.4, 0.5) is 0 Å². The Morgan fingerprint density at radius 2 is 2.46 bits per heavy atom. The van der Waals surface area contributed by atoms with Gasteiger partial charge in [0.2, 0.25) is 5.91 Å². The van der Waals surface area contributed by atoms with E-state index in [1.54, 1.807) is 11.9 Å². The number of hydrogen-bond donors (Lipinski definition) is 1. The quantitative estimate of drug-likeness (QED) is 0.528. The Kier molecular flexibility index (Phi) is 1.73. The molecule has 2 N–H and O–H groups in total. The molecule has 13 heavy (non-hydrogen) atoms. The number of nitrogens with two attached hydrogens (primary N) is 1. The molecule has 1 aromatic rings. The van der Waals surface area contributed by atoms with E-state index < -0.39 is 0 Å². The molecular weight excluding hydrogens is 172 g/mol. The van der Waals surface area contributed by atoms with Crippen LogP contribution in [0.3, 0.4) is 0 Å². The Morgan fingerprint density at radius 1 is 1.69 bits per heavy atom. The van der Waals surface area contributed by atoms with Gasteiger partial charge in [-0.05, 0) is 10.4 Å². The number of carbonyl (C=O) groups is 1. The van der Waals surface area contributed by atoms with Crippen molar-refractivity contribution in [2.24, 2.45) is 12.8 Å². The molecule has 0 aliphatic carbocycles. The van der Waals surface area contributed by atoms with E-state index in [-0.39, 0.29) is 11.9 Å². The van der Waals surface area contributed by atoms with Gasteiger partial charge in [-0.25, -0.2) is 4.68 Å². The summed E-state index contributed by atoms with van der Waals surface area (Å²) in [6, 6.07) is -0.332. The average molecular weight is 182 g/mol. The highest BCUT2D eigenvalue weighted by Crippen LogP contribution is 2.10. The molecule has 2 heterocycles. The number of β-lactam (4-membered cyclic amide) rings is 1. The molecule has 1 amide bonds. The molecule has 1 fully saturated rings. The maximum absolute atomic E-state index is 11.1. The third-order valence-corrected chi connectivity index (χ3v) is 2.09. The van der Waals surface area contributed by atoms with Gasteiger partial charge >= 0.3 is 0 Å². The summed E-state index contributed by atoms with van der Waals surface area (Å²) < 4.78 is 1.54. The monoisotopic (exact) mass is 182 g/mol. The summed E-state index contributed by atoms with van der Waals surface area (Å²) in [5.41, 5.74) is 5.43. The maximum Gasteiger partial charge on any atom is 0.241 e. The zero-order valence-corrected chi connectivity index (χ0v) is 7.21. The highest BCUT2D eigenvalue weighted by molar-refractivity contribution is 5.87. The fourth-order valence-electron chi connectivity index (χ4n) is 1.22. The Morgan fingerprint density at radius 3 is 2.92 bits per heavy atom. The molecule has 1 aliphatic rings. The molecular formula is C6H10N6O. The zero-order valence-electron chi connectivity index (χ0n) is 7.21. The van der Waals surface area contributed by atoms with E-state index in [4.69, 9.17) is 5.73 Å². The first-order valence-corrected chi connectivity index (χ1v) is 3.94. The van der Waals surface area contributed by atoms with Crippen molar-refractivity contribution in [1.82, 2.24) is 25.1 Å². The van der Waals surface area contributed by atoms with E-state index in [9.17, 15) is 4.79 Å². The van der Waals surface area contributed by atoms with Crippen molar-refractivity contribution in [2.75, 3.05) is 6.54 Å². The number of aryl methyl sites for hydroxylation is 1. The van der Waals surface area contributed by atoms with Crippen LogP contribution in [0.1, 0.15) is 5.82 Å². The molecule has 0 aromatic carbocycles. The number of nitrogens with zero attached hydrogens (tertiary/aromatic N) is 5. The zero-order chi connectivity index (χ0) is 9.42. The summed E-state index contributed by atoms with van der Waals surface area (Å²) in [7, 11) is 1.74. The van der Waals surface area contributed by atoms with Crippen molar-refractivity contribution in [1.29, 1.82) is 0 Å². The second-order valence-electron chi connectivity index (χ2n) is 3.04. The normalized spacial score (nSPS) is 21.8. The van der Waals surface area contributed by atoms with Gasteiger partial charge in [-0.15, -0.1) is 5.10 Å². The molecule has 1 aromatic heterocycles. The summed E-state index contributed by atoms with van der Waals surface area (Å²) >= 11 is 0. The lowest BCUT2D eigenvalue weighted by atomic mass is 10.1. The van der Waals surface area contributed by atoms with Gasteiger partial charge in [0.25, 0.3) is 0 Å². The van der Waals surface area contributed by atoms with E-state index in [1.165, 1.54) is 4.68 Å². The van der Waals surface area contributed by atoms with Crippen LogP contribution in [-0.4, -0.2) is 43.6 Å². The van der Waals surface area contributed by atoms with Crippen molar-refractivity contribution in [3.8, 4) is 0 Å². The minimum absolute atomic E-state index is 0.0389. The molecule has 2 rings (SSSR count). The van der Waals surface area contributed by atoms with E-state index in [1.807, 2.05) is 0 Å². The Bertz CT molecular complexity index is 334. The first-order valence-electron chi connectivity index (χ1n) is 3.94.